The average molecular weight is 382 g/mol. The fraction of sp³-hybridized carbons (Fsp3) is 0.565. The molecule has 0 bridgehead atoms. The van der Waals surface area contributed by atoms with E-state index in [1.54, 1.807) is 0 Å². The smallest absolute Gasteiger partial charge is 0.236 e. The number of carbonyl (C=O) groups is 1. The van der Waals surface area contributed by atoms with Crippen LogP contribution in [0.3, 0.4) is 0 Å². The molecule has 2 fully saturated rings. The van der Waals surface area contributed by atoms with Crippen molar-refractivity contribution in [1.29, 1.82) is 0 Å². The Kier molecular flexibility index (Phi) is 6.42. The van der Waals surface area contributed by atoms with Gasteiger partial charge in [0.2, 0.25) is 5.91 Å². The molecule has 0 spiro atoms. The molecule has 0 saturated carbocycles. The van der Waals surface area contributed by atoms with Crippen LogP contribution in [0, 0.1) is 0 Å². The maximum absolute atomic E-state index is 12.8. The number of piperidine rings is 1. The molecule has 1 unspecified atom stereocenters. The molecule has 1 amide bonds. The third-order valence-corrected chi connectivity index (χ3v) is 5.97. The van der Waals surface area contributed by atoms with Crippen molar-refractivity contribution < 1.29 is 9.21 Å². The lowest BCUT2D eigenvalue weighted by Crippen LogP contribution is -2.44. The Morgan fingerprint density at radius 2 is 1.82 bits per heavy atom. The summed E-state index contributed by atoms with van der Waals surface area (Å²) in [6, 6.07) is 10.3. The summed E-state index contributed by atoms with van der Waals surface area (Å²) in [5.74, 6) is 2.17. The molecule has 2 aliphatic heterocycles. The number of amides is 1. The SMILES string of the molecule is O=C(CN1CCCCCC1)N1CCCC(c2ncc(Cc3ccccc3)o2)C1. The van der Waals surface area contributed by atoms with Gasteiger partial charge in [0.05, 0.1) is 18.7 Å². The molecule has 5 nitrogen and oxygen atoms in total. The molecular weight excluding hydrogens is 350 g/mol. The van der Waals surface area contributed by atoms with E-state index in [0.717, 1.165) is 57.1 Å². The summed E-state index contributed by atoms with van der Waals surface area (Å²) in [5, 5.41) is 0. The lowest BCUT2D eigenvalue weighted by molar-refractivity contribution is -0.133. The van der Waals surface area contributed by atoms with Crippen molar-refractivity contribution in [2.45, 2.75) is 50.9 Å². The molecule has 2 aliphatic rings. The van der Waals surface area contributed by atoms with Crippen molar-refractivity contribution in [3.8, 4) is 0 Å². The lowest BCUT2D eigenvalue weighted by Gasteiger charge is -2.33. The highest BCUT2D eigenvalue weighted by Crippen LogP contribution is 2.27. The topological polar surface area (TPSA) is 49.6 Å². The van der Waals surface area contributed by atoms with E-state index in [4.69, 9.17) is 4.42 Å². The van der Waals surface area contributed by atoms with E-state index in [9.17, 15) is 4.79 Å². The van der Waals surface area contributed by atoms with Gasteiger partial charge in [-0.05, 0) is 44.3 Å². The molecule has 4 rings (SSSR count). The third-order valence-electron chi connectivity index (χ3n) is 5.97. The summed E-state index contributed by atoms with van der Waals surface area (Å²) in [7, 11) is 0. The first-order valence-electron chi connectivity index (χ1n) is 10.8. The Bertz CT molecular complexity index is 750. The van der Waals surface area contributed by atoms with Crippen molar-refractivity contribution in [2.75, 3.05) is 32.7 Å². The largest absolute Gasteiger partial charge is 0.445 e. The molecule has 1 atom stereocenters. The Balaban J connectivity index is 1.34. The maximum atomic E-state index is 12.8. The average Bonchev–Trinajstić information content (AvgIpc) is 3.04. The van der Waals surface area contributed by atoms with Crippen LogP contribution in [0.15, 0.2) is 40.9 Å². The molecule has 1 aromatic carbocycles. The summed E-state index contributed by atoms with van der Waals surface area (Å²) >= 11 is 0. The van der Waals surface area contributed by atoms with Gasteiger partial charge in [-0.1, -0.05) is 43.2 Å². The highest BCUT2D eigenvalue weighted by atomic mass is 16.4. The molecular formula is C23H31N3O2. The van der Waals surface area contributed by atoms with Gasteiger partial charge in [0.25, 0.3) is 0 Å². The second-order valence-electron chi connectivity index (χ2n) is 8.20. The number of hydrogen-bond donors (Lipinski definition) is 0. The number of nitrogens with zero attached hydrogens (tertiary/aromatic N) is 3. The van der Waals surface area contributed by atoms with Crippen LogP contribution in [0.1, 0.15) is 61.7 Å². The molecule has 28 heavy (non-hydrogen) atoms. The molecule has 5 heteroatoms. The molecule has 1 aromatic heterocycles. The van der Waals surface area contributed by atoms with Crippen molar-refractivity contribution in [2.24, 2.45) is 0 Å². The fourth-order valence-corrected chi connectivity index (χ4v) is 4.38. The zero-order valence-electron chi connectivity index (χ0n) is 16.7. The first-order chi connectivity index (χ1) is 13.8. The number of likely N-dealkylation sites (tertiary alicyclic amines) is 2. The number of benzene rings is 1. The van der Waals surface area contributed by atoms with Crippen LogP contribution < -0.4 is 0 Å². The molecule has 0 N–H and O–H groups in total. The van der Waals surface area contributed by atoms with Crippen LogP contribution in [0.5, 0.6) is 0 Å². The quantitative estimate of drug-likeness (QED) is 0.789. The number of oxazole rings is 1. The van der Waals surface area contributed by atoms with E-state index < -0.39 is 0 Å². The third kappa shape index (κ3) is 5.02. The minimum absolute atomic E-state index is 0.214. The molecule has 150 valence electrons. The Hall–Kier alpha value is -2.14. The Morgan fingerprint density at radius 1 is 1.04 bits per heavy atom. The van der Waals surface area contributed by atoms with E-state index in [0.29, 0.717) is 6.54 Å². The highest BCUT2D eigenvalue weighted by molar-refractivity contribution is 5.78. The van der Waals surface area contributed by atoms with E-state index >= 15 is 0 Å². The van der Waals surface area contributed by atoms with Gasteiger partial charge in [0.15, 0.2) is 5.89 Å². The van der Waals surface area contributed by atoms with Crippen molar-refractivity contribution >= 4 is 5.91 Å². The summed E-state index contributed by atoms with van der Waals surface area (Å²) in [4.78, 5) is 21.7. The van der Waals surface area contributed by atoms with E-state index in [1.165, 1.54) is 31.2 Å². The fourth-order valence-electron chi connectivity index (χ4n) is 4.38. The zero-order valence-corrected chi connectivity index (χ0v) is 16.7. The summed E-state index contributed by atoms with van der Waals surface area (Å²) < 4.78 is 6.06. The van der Waals surface area contributed by atoms with Crippen molar-refractivity contribution in [3.05, 3.63) is 53.7 Å². The number of hydrogen-bond acceptors (Lipinski definition) is 4. The Morgan fingerprint density at radius 3 is 2.61 bits per heavy atom. The van der Waals surface area contributed by atoms with Gasteiger partial charge in [-0.3, -0.25) is 9.69 Å². The second kappa shape index (κ2) is 9.37. The molecule has 0 aliphatic carbocycles. The zero-order chi connectivity index (χ0) is 19.2. The predicted octanol–water partition coefficient (Wildman–Crippen LogP) is 3.85. The number of carbonyl (C=O) groups excluding carboxylic acids is 1. The van der Waals surface area contributed by atoms with Gasteiger partial charge >= 0.3 is 0 Å². The van der Waals surface area contributed by atoms with Gasteiger partial charge in [-0.15, -0.1) is 0 Å². The standard InChI is InChI=1S/C23H31N3O2/c27-22(18-25-12-6-1-2-7-13-25)26-14-8-11-20(17-26)23-24-16-21(28-23)15-19-9-4-3-5-10-19/h3-5,9-10,16,20H,1-2,6-8,11-15,17-18H2. The van der Waals surface area contributed by atoms with Crippen molar-refractivity contribution in [1.82, 2.24) is 14.8 Å². The van der Waals surface area contributed by atoms with Crippen LogP contribution in [0.2, 0.25) is 0 Å². The first kappa shape index (κ1) is 19.2. The highest BCUT2D eigenvalue weighted by Gasteiger charge is 2.28. The molecule has 2 aromatic rings. The van der Waals surface area contributed by atoms with E-state index in [1.807, 2.05) is 29.3 Å². The van der Waals surface area contributed by atoms with Gasteiger partial charge < -0.3 is 9.32 Å². The van der Waals surface area contributed by atoms with E-state index in [2.05, 4.69) is 22.0 Å². The second-order valence-corrected chi connectivity index (χ2v) is 8.20. The van der Waals surface area contributed by atoms with Crippen LogP contribution in [-0.4, -0.2) is 53.4 Å². The summed E-state index contributed by atoms with van der Waals surface area (Å²) in [6.45, 7) is 4.29. The van der Waals surface area contributed by atoms with Crippen LogP contribution in [0.25, 0.3) is 0 Å². The Labute approximate surface area is 167 Å². The monoisotopic (exact) mass is 381 g/mol. The maximum Gasteiger partial charge on any atom is 0.236 e. The first-order valence-corrected chi connectivity index (χ1v) is 10.8. The van der Waals surface area contributed by atoms with Crippen molar-refractivity contribution in [3.63, 3.8) is 0 Å². The number of rotatable bonds is 5. The van der Waals surface area contributed by atoms with E-state index in [-0.39, 0.29) is 11.8 Å². The van der Waals surface area contributed by atoms with Crippen LogP contribution in [-0.2, 0) is 11.2 Å². The minimum Gasteiger partial charge on any atom is -0.445 e. The minimum atomic E-state index is 0.214. The van der Waals surface area contributed by atoms with Crippen LogP contribution >= 0.6 is 0 Å². The molecule has 2 saturated heterocycles. The van der Waals surface area contributed by atoms with Crippen LogP contribution in [0.4, 0.5) is 0 Å². The summed E-state index contributed by atoms with van der Waals surface area (Å²) in [5.41, 5.74) is 1.23. The van der Waals surface area contributed by atoms with Gasteiger partial charge in [0.1, 0.15) is 5.76 Å². The van der Waals surface area contributed by atoms with Gasteiger partial charge in [-0.2, -0.15) is 0 Å². The van der Waals surface area contributed by atoms with Gasteiger partial charge in [0, 0.05) is 19.5 Å². The molecule has 0 radical (unpaired) electrons. The summed E-state index contributed by atoms with van der Waals surface area (Å²) in [6.07, 6.45) is 9.70. The molecule has 3 heterocycles. The predicted molar refractivity (Wildman–Crippen MR) is 109 cm³/mol. The normalized spacial score (nSPS) is 21.4. The number of aromatic nitrogens is 1. The lowest BCUT2D eigenvalue weighted by atomic mass is 9.98. The van der Waals surface area contributed by atoms with Gasteiger partial charge in [-0.25, -0.2) is 4.98 Å².